The third-order valence-electron chi connectivity index (χ3n) is 7.13. The Morgan fingerprint density at radius 1 is 0.810 bits per heavy atom. The fourth-order valence-corrected chi connectivity index (χ4v) is 5.06. The van der Waals surface area contributed by atoms with Gasteiger partial charge in [-0.1, -0.05) is 0 Å². The first-order valence-corrected chi connectivity index (χ1v) is 13.6. The zero-order valence-corrected chi connectivity index (χ0v) is 23.9. The van der Waals surface area contributed by atoms with Gasteiger partial charge < -0.3 is 39.9 Å². The van der Waals surface area contributed by atoms with Crippen LogP contribution in [0.4, 0.5) is 9.59 Å². The van der Waals surface area contributed by atoms with E-state index in [-0.39, 0.29) is 23.9 Å². The van der Waals surface area contributed by atoms with E-state index in [1.807, 2.05) is 0 Å². The number of hydrogen-bond acceptors (Lipinski definition) is 8. The van der Waals surface area contributed by atoms with E-state index in [4.69, 9.17) is 0 Å². The van der Waals surface area contributed by atoms with Gasteiger partial charge in [0.15, 0.2) is 0 Å². The number of likely N-dealkylation sites (tertiary alicyclic amines) is 2. The lowest BCUT2D eigenvalue weighted by molar-refractivity contribution is -0.134. The van der Waals surface area contributed by atoms with Crippen molar-refractivity contribution in [2.45, 2.75) is 63.7 Å². The lowest BCUT2D eigenvalue weighted by Crippen LogP contribution is -2.46. The minimum Gasteiger partial charge on any atom is -0.453 e. The number of nitrogens with zero attached hydrogens (tertiary/aromatic N) is 4. The van der Waals surface area contributed by atoms with E-state index in [9.17, 15) is 19.2 Å². The van der Waals surface area contributed by atoms with Gasteiger partial charge in [-0.2, -0.15) is 0 Å². The second-order valence-corrected chi connectivity index (χ2v) is 9.96. The van der Waals surface area contributed by atoms with Gasteiger partial charge >= 0.3 is 12.2 Å². The molecule has 14 heteroatoms. The van der Waals surface area contributed by atoms with Crippen molar-refractivity contribution >= 4 is 24.0 Å². The Bertz CT molecular complexity index is 1330. The molecular formula is C28H34N8O6. The van der Waals surface area contributed by atoms with Crippen molar-refractivity contribution in [2.75, 3.05) is 27.3 Å². The smallest absolute Gasteiger partial charge is 0.407 e. The summed E-state index contributed by atoms with van der Waals surface area (Å²) in [5.41, 5.74) is 1.11. The van der Waals surface area contributed by atoms with Crippen molar-refractivity contribution in [1.29, 1.82) is 0 Å². The molecule has 222 valence electrons. The summed E-state index contributed by atoms with van der Waals surface area (Å²) < 4.78 is 9.16. The van der Waals surface area contributed by atoms with Crippen molar-refractivity contribution in [3.63, 3.8) is 0 Å². The molecule has 4 atom stereocenters. The van der Waals surface area contributed by atoms with Gasteiger partial charge in [0.2, 0.25) is 11.8 Å². The maximum Gasteiger partial charge on any atom is 0.407 e. The molecule has 0 radical (unpaired) electrons. The third-order valence-corrected chi connectivity index (χ3v) is 7.13. The molecule has 2 aliphatic rings. The molecule has 2 saturated heterocycles. The van der Waals surface area contributed by atoms with Crippen LogP contribution in [0.5, 0.6) is 0 Å². The Labute approximate surface area is 243 Å². The molecular weight excluding hydrogens is 544 g/mol. The van der Waals surface area contributed by atoms with Gasteiger partial charge in [0.25, 0.3) is 0 Å². The Kier molecular flexibility index (Phi) is 9.70. The Morgan fingerprint density at radius 3 is 1.60 bits per heavy atom. The van der Waals surface area contributed by atoms with Crippen LogP contribution in [0.15, 0.2) is 12.4 Å². The van der Waals surface area contributed by atoms with Gasteiger partial charge in [0.05, 0.1) is 38.7 Å². The van der Waals surface area contributed by atoms with E-state index in [2.05, 4.69) is 63.7 Å². The second-order valence-electron chi connectivity index (χ2n) is 9.96. The molecule has 2 aromatic rings. The molecule has 2 aliphatic heterocycles. The highest BCUT2D eigenvalue weighted by molar-refractivity contribution is 5.86. The highest BCUT2D eigenvalue weighted by atomic mass is 16.5. The van der Waals surface area contributed by atoms with Gasteiger partial charge in [-0.25, -0.2) is 19.6 Å². The summed E-state index contributed by atoms with van der Waals surface area (Å²) in [6, 6.07) is -1.94. The zero-order chi connectivity index (χ0) is 30.2. The summed E-state index contributed by atoms with van der Waals surface area (Å²) in [5, 5.41) is 5.01. The number of hydrogen-bond donors (Lipinski definition) is 4. The summed E-state index contributed by atoms with van der Waals surface area (Å²) >= 11 is 0. The predicted molar refractivity (Wildman–Crippen MR) is 148 cm³/mol. The van der Waals surface area contributed by atoms with Crippen LogP contribution in [-0.2, 0) is 19.1 Å². The van der Waals surface area contributed by atoms with Crippen LogP contribution in [-0.4, -0.2) is 93.1 Å². The number of aromatic amines is 2. The summed E-state index contributed by atoms with van der Waals surface area (Å²) in [6.07, 6.45) is 4.98. The Morgan fingerprint density at radius 2 is 1.21 bits per heavy atom. The molecule has 14 nitrogen and oxygen atoms in total. The number of methoxy groups -OCH3 is 2. The van der Waals surface area contributed by atoms with E-state index in [0.717, 1.165) is 25.7 Å². The number of carbonyl (C=O) groups excluding carboxylic acids is 4. The number of nitrogens with one attached hydrogen (secondary N) is 4. The summed E-state index contributed by atoms with van der Waals surface area (Å²) in [5.74, 6) is 12.2. The number of carbonyl (C=O) groups is 4. The van der Waals surface area contributed by atoms with Crippen LogP contribution >= 0.6 is 0 Å². The fraction of sp³-hybridized carbons (Fsp3) is 0.500. The van der Waals surface area contributed by atoms with E-state index in [1.54, 1.807) is 36.0 Å². The third kappa shape index (κ3) is 7.01. The van der Waals surface area contributed by atoms with E-state index < -0.39 is 24.3 Å². The quantitative estimate of drug-likeness (QED) is 0.372. The average molecular weight is 579 g/mol. The van der Waals surface area contributed by atoms with Gasteiger partial charge in [-0.15, -0.1) is 0 Å². The molecule has 4 heterocycles. The predicted octanol–water partition coefficient (Wildman–Crippen LogP) is 1.35. The first-order chi connectivity index (χ1) is 20.2. The molecule has 42 heavy (non-hydrogen) atoms. The Hall–Kier alpha value is -4.98. The fourth-order valence-electron chi connectivity index (χ4n) is 5.06. The van der Waals surface area contributed by atoms with Gasteiger partial charge in [-0.05, 0) is 63.2 Å². The van der Waals surface area contributed by atoms with Crippen molar-refractivity contribution in [1.82, 2.24) is 40.4 Å². The van der Waals surface area contributed by atoms with Crippen LogP contribution in [0, 0.1) is 23.7 Å². The highest BCUT2D eigenvalue weighted by Crippen LogP contribution is 2.31. The van der Waals surface area contributed by atoms with E-state index >= 15 is 0 Å². The zero-order valence-electron chi connectivity index (χ0n) is 23.9. The standard InChI is InChI=1S/C28H34N8O6/c1-17(31-27(39)41-3)25(37)35-13-7-11-21(35)23-29-15-19(33-23)9-5-6-10-20-16-30-24(34-20)22-12-8-14-36(22)26(38)18(2)32-28(40)42-4/h15-18,21-22H,7-8,11-14H2,1-4H3,(H,29,33)(H,30,34)(H,31,39)(H,32,40)/t17-,18-,21-,22-/m0/s1. The monoisotopic (exact) mass is 578 g/mol. The number of imidazole rings is 2. The molecule has 2 aromatic heterocycles. The van der Waals surface area contributed by atoms with Crippen molar-refractivity contribution in [3.05, 3.63) is 35.4 Å². The maximum atomic E-state index is 12.9. The van der Waals surface area contributed by atoms with Crippen LogP contribution in [0.2, 0.25) is 0 Å². The topological polar surface area (TPSA) is 175 Å². The minimum absolute atomic E-state index is 0.214. The van der Waals surface area contributed by atoms with Crippen LogP contribution in [0.1, 0.15) is 74.7 Å². The lowest BCUT2D eigenvalue weighted by Gasteiger charge is -2.26. The number of rotatable bonds is 6. The van der Waals surface area contributed by atoms with Crippen LogP contribution in [0.25, 0.3) is 0 Å². The minimum atomic E-state index is -0.727. The largest absolute Gasteiger partial charge is 0.453 e. The number of alkyl carbamates (subject to hydrolysis) is 2. The molecule has 4 amide bonds. The number of H-pyrrole nitrogens is 2. The van der Waals surface area contributed by atoms with Crippen LogP contribution < -0.4 is 10.6 Å². The summed E-state index contributed by atoms with van der Waals surface area (Å²) in [7, 11) is 2.49. The molecule has 2 fully saturated rings. The molecule has 0 spiro atoms. The number of ether oxygens (including phenoxy) is 2. The van der Waals surface area contributed by atoms with Crippen molar-refractivity contribution in [3.8, 4) is 23.7 Å². The molecule has 0 unspecified atom stereocenters. The molecule has 0 bridgehead atoms. The van der Waals surface area contributed by atoms with Gasteiger partial charge in [0.1, 0.15) is 35.1 Å². The molecule has 4 rings (SSSR count). The molecule has 4 N–H and O–H groups in total. The first-order valence-electron chi connectivity index (χ1n) is 13.6. The van der Waals surface area contributed by atoms with Gasteiger partial charge in [0, 0.05) is 13.1 Å². The first kappa shape index (κ1) is 30.0. The Balaban J connectivity index is 1.36. The summed E-state index contributed by atoms with van der Waals surface area (Å²) in [6.45, 7) is 4.35. The number of amides is 4. The second kappa shape index (κ2) is 13.6. The van der Waals surface area contributed by atoms with E-state index in [0.29, 0.717) is 36.1 Å². The number of aromatic nitrogens is 4. The van der Waals surface area contributed by atoms with Crippen LogP contribution in [0.3, 0.4) is 0 Å². The molecule has 0 aromatic carbocycles. The normalized spacial score (nSPS) is 19.0. The lowest BCUT2D eigenvalue weighted by atomic mass is 10.2. The van der Waals surface area contributed by atoms with Crippen molar-refractivity contribution in [2.24, 2.45) is 0 Å². The SMILES string of the molecule is COC(=O)N[C@@H](C)C(=O)N1CCC[C@H]1c1ncc(C#CC#Cc2cnc([C@@H]3CCCN3C(=O)[C@H](C)NC(=O)OC)[nH]2)[nH]1. The molecule has 0 aliphatic carbocycles. The maximum absolute atomic E-state index is 12.9. The molecule has 0 saturated carbocycles. The van der Waals surface area contributed by atoms with Crippen molar-refractivity contribution < 1.29 is 28.7 Å². The highest BCUT2D eigenvalue weighted by Gasteiger charge is 2.35. The van der Waals surface area contributed by atoms with Gasteiger partial charge in [-0.3, -0.25) is 9.59 Å². The summed E-state index contributed by atoms with van der Waals surface area (Å²) in [4.78, 5) is 67.3. The average Bonchev–Trinajstić information content (AvgIpc) is 3.80. The van der Waals surface area contributed by atoms with E-state index in [1.165, 1.54) is 14.2 Å².